The molecule has 1 aromatic heterocycles. The third-order valence-corrected chi connectivity index (χ3v) is 2.37. The first kappa shape index (κ1) is 9.00. The Kier molecular flexibility index (Phi) is 2.12. The van der Waals surface area contributed by atoms with Crippen molar-refractivity contribution in [1.29, 1.82) is 0 Å². The molecule has 2 heteroatoms. The summed E-state index contributed by atoms with van der Waals surface area (Å²) in [4.78, 5) is 0. The van der Waals surface area contributed by atoms with Crippen LogP contribution in [0.4, 0.5) is 0 Å². The monoisotopic (exact) mass is 187 g/mol. The van der Waals surface area contributed by atoms with E-state index in [1.165, 1.54) is 11.1 Å². The van der Waals surface area contributed by atoms with Crippen LogP contribution in [0, 0.1) is 20.8 Å². The Morgan fingerprint density at radius 3 is 2.14 bits per heavy atom. The highest BCUT2D eigenvalue weighted by Crippen LogP contribution is 2.26. The van der Waals surface area contributed by atoms with Gasteiger partial charge in [0.15, 0.2) is 0 Å². The maximum Gasteiger partial charge on any atom is 0.141 e. The van der Waals surface area contributed by atoms with Crippen LogP contribution in [0.5, 0.6) is 0 Å². The molecule has 0 saturated heterocycles. The lowest BCUT2D eigenvalue weighted by Crippen LogP contribution is -1.81. The lowest BCUT2D eigenvalue weighted by atomic mass is 10.0. The molecule has 0 unspecified atom stereocenters. The standard InChI is InChI=1S/C12H13NO/c1-8-4-6-11(7-5-8)12-9(2)13-14-10(12)3/h4-7H,1-3H3. The zero-order valence-corrected chi connectivity index (χ0v) is 8.66. The minimum atomic E-state index is 0.881. The summed E-state index contributed by atoms with van der Waals surface area (Å²) in [6.45, 7) is 5.98. The van der Waals surface area contributed by atoms with Gasteiger partial charge in [0.2, 0.25) is 0 Å². The SMILES string of the molecule is Cc1ccc(-c2c(C)noc2C)cc1. The molecular formula is C12H13NO. The topological polar surface area (TPSA) is 26.0 Å². The Hall–Kier alpha value is -1.57. The Bertz CT molecular complexity index is 420. The molecule has 0 radical (unpaired) electrons. The smallest absolute Gasteiger partial charge is 0.141 e. The van der Waals surface area contributed by atoms with Crippen LogP contribution >= 0.6 is 0 Å². The minimum Gasteiger partial charge on any atom is -0.361 e. The Morgan fingerprint density at radius 2 is 1.64 bits per heavy atom. The van der Waals surface area contributed by atoms with Crippen molar-refractivity contribution >= 4 is 0 Å². The van der Waals surface area contributed by atoms with Crippen LogP contribution in [0.3, 0.4) is 0 Å². The summed E-state index contributed by atoms with van der Waals surface area (Å²) in [5.41, 5.74) is 4.50. The quantitative estimate of drug-likeness (QED) is 0.684. The van der Waals surface area contributed by atoms with Gasteiger partial charge in [-0.3, -0.25) is 0 Å². The summed E-state index contributed by atoms with van der Waals surface area (Å²) in [7, 11) is 0. The molecule has 0 aliphatic rings. The normalized spacial score (nSPS) is 10.5. The predicted molar refractivity (Wildman–Crippen MR) is 56.2 cm³/mol. The number of hydrogen-bond donors (Lipinski definition) is 0. The number of rotatable bonds is 1. The van der Waals surface area contributed by atoms with Crippen LogP contribution in [0.25, 0.3) is 11.1 Å². The van der Waals surface area contributed by atoms with Gasteiger partial charge in [-0.05, 0) is 26.3 Å². The van der Waals surface area contributed by atoms with Gasteiger partial charge in [-0.1, -0.05) is 35.0 Å². The summed E-state index contributed by atoms with van der Waals surface area (Å²) in [5, 5.41) is 3.94. The van der Waals surface area contributed by atoms with Gasteiger partial charge in [-0.15, -0.1) is 0 Å². The fourth-order valence-corrected chi connectivity index (χ4v) is 1.62. The first-order chi connectivity index (χ1) is 6.68. The minimum absolute atomic E-state index is 0.881. The molecule has 0 N–H and O–H groups in total. The summed E-state index contributed by atoms with van der Waals surface area (Å²) in [5.74, 6) is 0.881. The Balaban J connectivity index is 2.54. The van der Waals surface area contributed by atoms with Gasteiger partial charge in [0.25, 0.3) is 0 Å². The lowest BCUT2D eigenvalue weighted by Gasteiger charge is -2.00. The highest BCUT2D eigenvalue weighted by atomic mass is 16.5. The van der Waals surface area contributed by atoms with Crippen LogP contribution < -0.4 is 0 Å². The van der Waals surface area contributed by atoms with Gasteiger partial charge >= 0.3 is 0 Å². The third-order valence-electron chi connectivity index (χ3n) is 2.37. The molecule has 14 heavy (non-hydrogen) atoms. The molecule has 0 amide bonds. The maximum absolute atomic E-state index is 5.13. The average Bonchev–Trinajstić information content (AvgIpc) is 2.49. The van der Waals surface area contributed by atoms with Crippen LogP contribution in [0.2, 0.25) is 0 Å². The third kappa shape index (κ3) is 1.43. The number of aromatic nitrogens is 1. The molecule has 2 aromatic rings. The van der Waals surface area contributed by atoms with E-state index >= 15 is 0 Å². The lowest BCUT2D eigenvalue weighted by molar-refractivity contribution is 0.393. The zero-order chi connectivity index (χ0) is 10.1. The molecule has 0 atom stereocenters. The summed E-state index contributed by atoms with van der Waals surface area (Å²) in [6, 6.07) is 8.40. The van der Waals surface area contributed by atoms with Crippen LogP contribution in [-0.2, 0) is 0 Å². The maximum atomic E-state index is 5.13. The summed E-state index contributed by atoms with van der Waals surface area (Å²) >= 11 is 0. The van der Waals surface area contributed by atoms with E-state index in [2.05, 4.69) is 36.3 Å². The van der Waals surface area contributed by atoms with Crippen molar-refractivity contribution in [3.63, 3.8) is 0 Å². The van der Waals surface area contributed by atoms with E-state index in [4.69, 9.17) is 4.52 Å². The number of nitrogens with zero attached hydrogens (tertiary/aromatic N) is 1. The zero-order valence-electron chi connectivity index (χ0n) is 8.66. The molecule has 0 fully saturated rings. The molecule has 1 heterocycles. The predicted octanol–water partition coefficient (Wildman–Crippen LogP) is 3.27. The fourth-order valence-electron chi connectivity index (χ4n) is 1.62. The van der Waals surface area contributed by atoms with Gasteiger partial charge in [-0.2, -0.15) is 0 Å². The second-order valence-electron chi connectivity index (χ2n) is 3.57. The fraction of sp³-hybridized carbons (Fsp3) is 0.250. The van der Waals surface area contributed by atoms with Crippen molar-refractivity contribution in [2.24, 2.45) is 0 Å². The van der Waals surface area contributed by atoms with E-state index in [1.54, 1.807) is 0 Å². The van der Waals surface area contributed by atoms with E-state index in [0.29, 0.717) is 0 Å². The molecule has 72 valence electrons. The van der Waals surface area contributed by atoms with Gasteiger partial charge < -0.3 is 4.52 Å². The molecule has 2 rings (SSSR count). The largest absolute Gasteiger partial charge is 0.361 e. The molecular weight excluding hydrogens is 174 g/mol. The van der Waals surface area contributed by atoms with Crippen molar-refractivity contribution in [2.45, 2.75) is 20.8 Å². The highest BCUT2D eigenvalue weighted by Gasteiger charge is 2.10. The van der Waals surface area contributed by atoms with E-state index in [9.17, 15) is 0 Å². The second kappa shape index (κ2) is 3.29. The van der Waals surface area contributed by atoms with E-state index in [-0.39, 0.29) is 0 Å². The van der Waals surface area contributed by atoms with E-state index < -0.39 is 0 Å². The average molecular weight is 187 g/mol. The molecule has 0 spiro atoms. The summed E-state index contributed by atoms with van der Waals surface area (Å²) in [6.07, 6.45) is 0. The second-order valence-corrected chi connectivity index (χ2v) is 3.57. The Labute approximate surface area is 83.5 Å². The Morgan fingerprint density at radius 1 is 1.00 bits per heavy atom. The van der Waals surface area contributed by atoms with Gasteiger partial charge in [-0.25, -0.2) is 0 Å². The van der Waals surface area contributed by atoms with Crippen LogP contribution in [0.15, 0.2) is 28.8 Å². The molecule has 2 nitrogen and oxygen atoms in total. The van der Waals surface area contributed by atoms with Gasteiger partial charge in [0.1, 0.15) is 5.76 Å². The van der Waals surface area contributed by atoms with E-state index in [0.717, 1.165) is 17.0 Å². The number of hydrogen-bond acceptors (Lipinski definition) is 2. The van der Waals surface area contributed by atoms with Crippen LogP contribution in [-0.4, -0.2) is 5.16 Å². The van der Waals surface area contributed by atoms with Gasteiger partial charge in [0.05, 0.1) is 5.69 Å². The number of benzene rings is 1. The summed E-state index contributed by atoms with van der Waals surface area (Å²) < 4.78 is 5.13. The van der Waals surface area contributed by atoms with Crippen molar-refractivity contribution in [3.8, 4) is 11.1 Å². The molecule has 0 aliphatic heterocycles. The van der Waals surface area contributed by atoms with Crippen molar-refractivity contribution in [1.82, 2.24) is 5.16 Å². The van der Waals surface area contributed by atoms with Gasteiger partial charge in [0, 0.05) is 5.56 Å². The molecule has 0 saturated carbocycles. The first-order valence-electron chi connectivity index (χ1n) is 4.68. The molecule has 0 aliphatic carbocycles. The van der Waals surface area contributed by atoms with Crippen molar-refractivity contribution < 1.29 is 4.52 Å². The first-order valence-corrected chi connectivity index (χ1v) is 4.68. The van der Waals surface area contributed by atoms with Crippen molar-refractivity contribution in [3.05, 3.63) is 41.3 Å². The molecule has 0 bridgehead atoms. The number of aryl methyl sites for hydroxylation is 3. The van der Waals surface area contributed by atoms with E-state index in [1.807, 2.05) is 13.8 Å². The highest BCUT2D eigenvalue weighted by molar-refractivity contribution is 5.67. The molecule has 1 aromatic carbocycles. The van der Waals surface area contributed by atoms with Crippen LogP contribution in [0.1, 0.15) is 17.0 Å². The van der Waals surface area contributed by atoms with Crippen molar-refractivity contribution in [2.75, 3.05) is 0 Å².